The van der Waals surface area contributed by atoms with Crippen LogP contribution in [0.5, 0.6) is 0 Å². The third kappa shape index (κ3) is 3.60. The molecule has 156 valence electrons. The van der Waals surface area contributed by atoms with Gasteiger partial charge in [-0.2, -0.15) is 0 Å². The fraction of sp³-hybridized carbons (Fsp3) is 0.500. The molecule has 4 rings (SSSR count). The average Bonchev–Trinajstić information content (AvgIpc) is 3.42. The second-order valence-corrected chi connectivity index (χ2v) is 8.78. The first-order valence-corrected chi connectivity index (χ1v) is 10.4. The molecule has 1 N–H and O–H groups in total. The van der Waals surface area contributed by atoms with E-state index in [1.54, 1.807) is 4.90 Å². The largest absolute Gasteiger partial charge is 0.349 e. The van der Waals surface area contributed by atoms with Crippen LogP contribution in [0.4, 0.5) is 4.39 Å². The molecular weight excluding hydrogens is 418 g/mol. The molecule has 2 aliphatic heterocycles. The summed E-state index contributed by atoms with van der Waals surface area (Å²) in [6.07, 6.45) is 1.59. The van der Waals surface area contributed by atoms with E-state index in [4.69, 9.17) is 23.2 Å². The molecule has 0 aliphatic carbocycles. The number of carbonyl (C=O) groups is 2. The Labute approximate surface area is 178 Å². The number of H-pyrrole nitrogens is 1. The molecule has 0 saturated carbocycles. The van der Waals surface area contributed by atoms with Crippen molar-refractivity contribution in [2.75, 3.05) is 40.3 Å². The first kappa shape index (κ1) is 20.4. The third-order valence-corrected chi connectivity index (χ3v) is 6.78. The predicted octanol–water partition coefficient (Wildman–Crippen LogP) is 3.24. The van der Waals surface area contributed by atoms with E-state index in [0.29, 0.717) is 36.5 Å². The number of hydrogen-bond acceptors (Lipinski definition) is 3. The van der Waals surface area contributed by atoms with Gasteiger partial charge in [-0.25, -0.2) is 4.39 Å². The van der Waals surface area contributed by atoms with Crippen molar-refractivity contribution in [2.45, 2.75) is 18.9 Å². The molecule has 6 nitrogen and oxygen atoms in total. The number of aromatic nitrogens is 1. The SMILES string of the molecule is CN(C)C1CCN(C(=O)[C@H]2CCN(C(=O)c3[nH]c4ccc(F)c(Cl)c4c3Cl)C2)C1. The van der Waals surface area contributed by atoms with Gasteiger partial charge in [0.15, 0.2) is 0 Å². The van der Waals surface area contributed by atoms with Crippen LogP contribution in [0.15, 0.2) is 12.1 Å². The van der Waals surface area contributed by atoms with Crippen LogP contribution in [0.25, 0.3) is 10.9 Å². The lowest BCUT2D eigenvalue weighted by Crippen LogP contribution is -2.39. The Balaban J connectivity index is 1.48. The molecule has 0 bridgehead atoms. The molecule has 3 heterocycles. The van der Waals surface area contributed by atoms with Gasteiger partial charge < -0.3 is 19.7 Å². The summed E-state index contributed by atoms with van der Waals surface area (Å²) >= 11 is 12.4. The molecule has 2 saturated heterocycles. The molecule has 9 heteroatoms. The minimum Gasteiger partial charge on any atom is -0.349 e. The summed E-state index contributed by atoms with van der Waals surface area (Å²) in [5.41, 5.74) is 0.680. The number of nitrogens with one attached hydrogen (secondary N) is 1. The Morgan fingerprint density at radius 2 is 1.83 bits per heavy atom. The summed E-state index contributed by atoms with van der Waals surface area (Å²) < 4.78 is 13.8. The first-order chi connectivity index (χ1) is 13.8. The Kier molecular flexibility index (Phi) is 5.48. The lowest BCUT2D eigenvalue weighted by atomic mass is 10.1. The number of fused-ring (bicyclic) bond motifs is 1. The summed E-state index contributed by atoms with van der Waals surface area (Å²) in [7, 11) is 4.05. The van der Waals surface area contributed by atoms with Crippen molar-refractivity contribution < 1.29 is 14.0 Å². The normalized spacial score (nSPS) is 22.3. The van der Waals surface area contributed by atoms with Crippen LogP contribution in [-0.2, 0) is 4.79 Å². The number of nitrogens with zero attached hydrogens (tertiary/aromatic N) is 3. The zero-order chi connectivity index (χ0) is 20.9. The second kappa shape index (κ2) is 7.78. The van der Waals surface area contributed by atoms with Gasteiger partial charge in [0, 0.05) is 43.1 Å². The molecule has 0 spiro atoms. The van der Waals surface area contributed by atoms with Crippen molar-refractivity contribution in [3.05, 3.63) is 33.7 Å². The number of amides is 2. The van der Waals surface area contributed by atoms with Gasteiger partial charge in [0.2, 0.25) is 5.91 Å². The molecule has 1 aromatic heterocycles. The van der Waals surface area contributed by atoms with Crippen molar-refractivity contribution in [1.82, 2.24) is 19.7 Å². The number of carbonyl (C=O) groups excluding carboxylic acids is 2. The highest BCUT2D eigenvalue weighted by atomic mass is 35.5. The number of likely N-dealkylation sites (N-methyl/N-ethyl adjacent to an activating group) is 1. The topological polar surface area (TPSA) is 59.6 Å². The third-order valence-electron chi connectivity index (χ3n) is 6.04. The minimum atomic E-state index is -0.590. The van der Waals surface area contributed by atoms with Gasteiger partial charge in [-0.15, -0.1) is 0 Å². The quantitative estimate of drug-likeness (QED) is 0.796. The smallest absolute Gasteiger partial charge is 0.271 e. The van der Waals surface area contributed by atoms with E-state index in [0.717, 1.165) is 19.5 Å². The van der Waals surface area contributed by atoms with E-state index in [1.807, 2.05) is 19.0 Å². The summed E-state index contributed by atoms with van der Waals surface area (Å²) in [5, 5.41) is 0.301. The van der Waals surface area contributed by atoms with E-state index in [2.05, 4.69) is 9.88 Å². The highest BCUT2D eigenvalue weighted by molar-refractivity contribution is 6.44. The lowest BCUT2D eigenvalue weighted by molar-refractivity contribution is -0.134. The van der Waals surface area contributed by atoms with Gasteiger partial charge in [0.25, 0.3) is 5.91 Å². The molecule has 2 aliphatic rings. The van der Waals surface area contributed by atoms with Crippen molar-refractivity contribution >= 4 is 45.9 Å². The molecule has 2 atom stereocenters. The van der Waals surface area contributed by atoms with E-state index in [1.165, 1.54) is 12.1 Å². The Morgan fingerprint density at radius 3 is 2.52 bits per heavy atom. The Morgan fingerprint density at radius 1 is 1.10 bits per heavy atom. The van der Waals surface area contributed by atoms with Gasteiger partial charge in [-0.05, 0) is 39.1 Å². The summed E-state index contributed by atoms with van der Waals surface area (Å²) in [6.45, 7) is 2.32. The molecule has 2 amide bonds. The molecule has 1 aromatic carbocycles. The van der Waals surface area contributed by atoms with Crippen molar-refractivity contribution in [2.24, 2.45) is 5.92 Å². The second-order valence-electron chi connectivity index (χ2n) is 8.03. The number of benzene rings is 1. The van der Waals surface area contributed by atoms with Crippen LogP contribution in [0.3, 0.4) is 0 Å². The van der Waals surface area contributed by atoms with Crippen LogP contribution in [0.1, 0.15) is 23.3 Å². The summed E-state index contributed by atoms with van der Waals surface area (Å²) in [4.78, 5) is 34.5. The number of likely N-dealkylation sites (tertiary alicyclic amines) is 2. The summed E-state index contributed by atoms with van der Waals surface area (Å²) in [6, 6.07) is 3.12. The van der Waals surface area contributed by atoms with Crippen molar-refractivity contribution in [1.29, 1.82) is 0 Å². The lowest BCUT2D eigenvalue weighted by Gasteiger charge is -2.23. The fourth-order valence-corrected chi connectivity index (χ4v) is 4.89. The number of hydrogen-bond donors (Lipinski definition) is 1. The van der Waals surface area contributed by atoms with E-state index in [-0.39, 0.29) is 33.5 Å². The standard InChI is InChI=1S/C20H23Cl2FN4O2/c1-25(2)12-6-8-27(10-12)19(28)11-5-7-26(9-11)20(29)18-17(22)15-14(24-18)4-3-13(23)16(15)21/h3-4,11-12,24H,5-10H2,1-2H3/t11-,12?/m0/s1. The summed E-state index contributed by atoms with van der Waals surface area (Å²) in [5.74, 6) is -0.986. The molecule has 1 unspecified atom stereocenters. The molecule has 29 heavy (non-hydrogen) atoms. The minimum absolute atomic E-state index is 0.109. The Hall–Kier alpha value is -1.83. The first-order valence-electron chi connectivity index (χ1n) is 9.67. The van der Waals surface area contributed by atoms with Gasteiger partial charge >= 0.3 is 0 Å². The maximum absolute atomic E-state index is 13.8. The van der Waals surface area contributed by atoms with Crippen LogP contribution in [0, 0.1) is 11.7 Å². The highest BCUT2D eigenvalue weighted by Gasteiger charge is 2.37. The van der Waals surface area contributed by atoms with Crippen molar-refractivity contribution in [3.63, 3.8) is 0 Å². The molecule has 0 radical (unpaired) electrons. The van der Waals surface area contributed by atoms with Gasteiger partial charge in [-0.3, -0.25) is 9.59 Å². The highest BCUT2D eigenvalue weighted by Crippen LogP contribution is 2.36. The number of rotatable bonds is 3. The molecule has 2 fully saturated rings. The average molecular weight is 441 g/mol. The fourth-order valence-electron chi connectivity index (χ4n) is 4.26. The maximum atomic E-state index is 13.8. The van der Waals surface area contributed by atoms with Crippen molar-refractivity contribution in [3.8, 4) is 0 Å². The Bertz CT molecular complexity index is 977. The molecule has 2 aromatic rings. The van der Waals surface area contributed by atoms with E-state index >= 15 is 0 Å². The number of aromatic amines is 1. The molecular formula is C20H23Cl2FN4O2. The van der Waals surface area contributed by atoms with Crippen LogP contribution < -0.4 is 0 Å². The van der Waals surface area contributed by atoms with Crippen LogP contribution in [-0.4, -0.2) is 77.8 Å². The van der Waals surface area contributed by atoms with Gasteiger partial charge in [0.1, 0.15) is 11.5 Å². The zero-order valence-corrected chi connectivity index (χ0v) is 17.9. The predicted molar refractivity (Wildman–Crippen MR) is 111 cm³/mol. The van der Waals surface area contributed by atoms with Crippen LogP contribution >= 0.6 is 23.2 Å². The maximum Gasteiger partial charge on any atom is 0.271 e. The number of halogens is 3. The monoisotopic (exact) mass is 440 g/mol. The van der Waals surface area contributed by atoms with E-state index < -0.39 is 5.82 Å². The van der Waals surface area contributed by atoms with Crippen LogP contribution in [0.2, 0.25) is 10.0 Å². The van der Waals surface area contributed by atoms with Gasteiger partial charge in [-0.1, -0.05) is 23.2 Å². The van der Waals surface area contributed by atoms with Gasteiger partial charge in [0.05, 0.1) is 16.0 Å². The van der Waals surface area contributed by atoms with E-state index in [9.17, 15) is 14.0 Å². The zero-order valence-electron chi connectivity index (χ0n) is 16.3.